The fraction of sp³-hybridized carbons (Fsp3) is 0.900. The van der Waals surface area contributed by atoms with Crippen molar-refractivity contribution in [2.45, 2.75) is 37.9 Å². The Morgan fingerprint density at radius 1 is 1.25 bits per heavy atom. The van der Waals surface area contributed by atoms with Crippen molar-refractivity contribution in [1.29, 1.82) is 0 Å². The molecule has 0 saturated heterocycles. The highest BCUT2D eigenvalue weighted by Gasteiger charge is 2.37. The Morgan fingerprint density at radius 2 is 1.81 bits per heavy atom. The lowest BCUT2D eigenvalue weighted by Crippen LogP contribution is -2.47. The number of sulfone groups is 1. The number of nitrogens with one attached hydrogen (secondary N) is 1. The van der Waals surface area contributed by atoms with E-state index in [1.165, 1.54) is 13.8 Å². The molecule has 1 N–H and O–H groups in total. The smallest absolute Gasteiger partial charge is 0.240 e. The van der Waals surface area contributed by atoms with E-state index in [0.29, 0.717) is 6.54 Å². The lowest BCUT2D eigenvalue weighted by molar-refractivity contribution is -0.122. The van der Waals surface area contributed by atoms with Gasteiger partial charge in [0.25, 0.3) is 0 Å². The summed E-state index contributed by atoms with van der Waals surface area (Å²) in [4.78, 5) is 11.6. The van der Waals surface area contributed by atoms with Gasteiger partial charge in [0, 0.05) is 18.1 Å². The molecule has 0 aromatic carbocycles. The van der Waals surface area contributed by atoms with Gasteiger partial charge in [-0.25, -0.2) is 8.42 Å². The van der Waals surface area contributed by atoms with Crippen LogP contribution in [0.5, 0.6) is 0 Å². The molecular formula is C10H20BrNO3S. The van der Waals surface area contributed by atoms with Crippen LogP contribution in [0.3, 0.4) is 0 Å². The summed E-state index contributed by atoms with van der Waals surface area (Å²) in [6.45, 7) is 3.39. The van der Waals surface area contributed by atoms with Crippen LogP contribution in [0.1, 0.15) is 33.1 Å². The van der Waals surface area contributed by atoms with Crippen LogP contribution < -0.4 is 5.32 Å². The normalized spacial score (nSPS) is 12.5. The first-order valence-corrected chi connectivity index (χ1v) is 8.28. The van der Waals surface area contributed by atoms with Crippen LogP contribution in [0.4, 0.5) is 0 Å². The molecule has 6 heteroatoms. The van der Waals surface area contributed by atoms with E-state index >= 15 is 0 Å². The molecule has 0 rings (SSSR count). The Hall–Kier alpha value is -0.100. The van der Waals surface area contributed by atoms with Crippen molar-refractivity contribution in [2.24, 2.45) is 0 Å². The summed E-state index contributed by atoms with van der Waals surface area (Å²) in [5.41, 5.74) is 0. The van der Waals surface area contributed by atoms with Gasteiger partial charge in [-0.1, -0.05) is 22.4 Å². The first kappa shape index (κ1) is 15.9. The summed E-state index contributed by atoms with van der Waals surface area (Å²) in [6.07, 6.45) is 4.03. The van der Waals surface area contributed by atoms with E-state index in [4.69, 9.17) is 0 Å². The predicted molar refractivity (Wildman–Crippen MR) is 69.6 cm³/mol. The van der Waals surface area contributed by atoms with Crippen molar-refractivity contribution in [1.82, 2.24) is 5.32 Å². The van der Waals surface area contributed by atoms with Gasteiger partial charge >= 0.3 is 0 Å². The predicted octanol–water partition coefficient (Wildman–Crippen LogP) is 1.49. The molecule has 0 aliphatic carbocycles. The lowest BCUT2D eigenvalue weighted by atomic mass is 10.2. The van der Waals surface area contributed by atoms with E-state index in [9.17, 15) is 13.2 Å². The minimum Gasteiger partial charge on any atom is -0.355 e. The summed E-state index contributed by atoms with van der Waals surface area (Å²) < 4.78 is 21.4. The molecule has 0 spiro atoms. The zero-order chi connectivity index (χ0) is 12.8. The number of unbranched alkanes of at least 4 members (excludes halogenated alkanes) is 2. The Balaban J connectivity index is 4.08. The van der Waals surface area contributed by atoms with Crippen molar-refractivity contribution in [3.8, 4) is 0 Å². The highest BCUT2D eigenvalue weighted by Crippen LogP contribution is 2.14. The minimum absolute atomic E-state index is 0.422. The largest absolute Gasteiger partial charge is 0.355 e. The zero-order valence-corrected chi connectivity index (χ0v) is 12.4. The number of amides is 1. The maximum atomic E-state index is 11.6. The Bertz CT molecular complexity index is 325. The lowest BCUT2D eigenvalue weighted by Gasteiger charge is -2.21. The second-order valence-electron chi connectivity index (χ2n) is 4.29. The molecule has 0 radical (unpaired) electrons. The molecule has 0 bridgehead atoms. The Kier molecular flexibility index (Phi) is 6.55. The maximum Gasteiger partial charge on any atom is 0.240 e. The standard InChI is InChI=1S/C10H20BrNO3S/c1-10(2,16(3,14)15)9(13)12-8-6-4-5-7-11/h4-8H2,1-3H3,(H,12,13). The van der Waals surface area contributed by atoms with Gasteiger partial charge in [0.15, 0.2) is 9.84 Å². The summed E-state index contributed by atoms with van der Waals surface area (Å²) >= 11 is 3.32. The van der Waals surface area contributed by atoms with E-state index < -0.39 is 20.5 Å². The van der Waals surface area contributed by atoms with Gasteiger partial charge in [-0.15, -0.1) is 0 Å². The van der Waals surface area contributed by atoms with Crippen LogP contribution in [0.25, 0.3) is 0 Å². The van der Waals surface area contributed by atoms with E-state index in [1.807, 2.05) is 0 Å². The molecule has 0 aliphatic rings. The number of hydrogen-bond donors (Lipinski definition) is 1. The van der Waals surface area contributed by atoms with Crippen molar-refractivity contribution in [3.05, 3.63) is 0 Å². The molecule has 0 aliphatic heterocycles. The van der Waals surface area contributed by atoms with E-state index in [0.717, 1.165) is 30.8 Å². The van der Waals surface area contributed by atoms with Gasteiger partial charge in [0.1, 0.15) is 4.75 Å². The Morgan fingerprint density at radius 3 is 2.25 bits per heavy atom. The fourth-order valence-electron chi connectivity index (χ4n) is 0.979. The van der Waals surface area contributed by atoms with Gasteiger partial charge in [-0.3, -0.25) is 4.79 Å². The zero-order valence-electron chi connectivity index (χ0n) is 10.0. The number of halogens is 1. The molecule has 1 amide bonds. The second-order valence-corrected chi connectivity index (χ2v) is 7.65. The minimum atomic E-state index is -3.37. The molecule has 0 saturated carbocycles. The van der Waals surface area contributed by atoms with Crippen LogP contribution in [0.15, 0.2) is 0 Å². The highest BCUT2D eigenvalue weighted by atomic mass is 79.9. The van der Waals surface area contributed by atoms with E-state index in [-0.39, 0.29) is 0 Å². The topological polar surface area (TPSA) is 63.2 Å². The summed E-state index contributed by atoms with van der Waals surface area (Å²) in [5, 5.41) is 3.61. The third-order valence-corrected chi connectivity index (χ3v) is 5.17. The Labute approximate surface area is 106 Å². The van der Waals surface area contributed by atoms with Crippen molar-refractivity contribution >= 4 is 31.7 Å². The van der Waals surface area contributed by atoms with E-state index in [1.54, 1.807) is 0 Å². The average molecular weight is 314 g/mol. The van der Waals surface area contributed by atoms with Gasteiger partial charge in [0.05, 0.1) is 0 Å². The molecule has 96 valence electrons. The van der Waals surface area contributed by atoms with Crippen LogP contribution in [0.2, 0.25) is 0 Å². The summed E-state index contributed by atoms with van der Waals surface area (Å²) in [5.74, 6) is -0.422. The first-order valence-electron chi connectivity index (χ1n) is 5.27. The molecule has 0 unspecified atom stereocenters. The number of carbonyl (C=O) groups is 1. The molecule has 4 nitrogen and oxygen atoms in total. The van der Waals surface area contributed by atoms with E-state index in [2.05, 4.69) is 21.2 Å². The summed E-state index contributed by atoms with van der Waals surface area (Å²) in [6, 6.07) is 0. The number of carbonyl (C=O) groups excluding carboxylic acids is 1. The summed E-state index contributed by atoms with van der Waals surface area (Å²) in [7, 11) is -3.37. The van der Waals surface area contributed by atoms with Gasteiger partial charge < -0.3 is 5.32 Å². The fourth-order valence-corrected chi connectivity index (χ4v) is 1.78. The third kappa shape index (κ3) is 4.82. The quantitative estimate of drug-likeness (QED) is 0.572. The average Bonchev–Trinajstić information content (AvgIpc) is 2.15. The molecule has 0 aromatic rings. The second kappa shape index (κ2) is 6.59. The van der Waals surface area contributed by atoms with Gasteiger partial charge in [-0.2, -0.15) is 0 Å². The third-order valence-electron chi connectivity index (χ3n) is 2.57. The van der Waals surface area contributed by atoms with Crippen molar-refractivity contribution in [2.75, 3.05) is 18.1 Å². The highest BCUT2D eigenvalue weighted by molar-refractivity contribution is 9.09. The molecule has 0 aromatic heterocycles. The van der Waals surface area contributed by atoms with Crippen LogP contribution in [-0.4, -0.2) is 37.2 Å². The van der Waals surface area contributed by atoms with Crippen molar-refractivity contribution < 1.29 is 13.2 Å². The maximum absolute atomic E-state index is 11.6. The molecule has 16 heavy (non-hydrogen) atoms. The van der Waals surface area contributed by atoms with Crippen LogP contribution in [-0.2, 0) is 14.6 Å². The number of rotatable bonds is 7. The molecule has 0 atom stereocenters. The van der Waals surface area contributed by atoms with Gasteiger partial charge in [0.2, 0.25) is 5.91 Å². The SMILES string of the molecule is CC(C)(C(=O)NCCCCCBr)S(C)(=O)=O. The molecular weight excluding hydrogens is 294 g/mol. The van der Waals surface area contributed by atoms with Crippen LogP contribution >= 0.6 is 15.9 Å². The van der Waals surface area contributed by atoms with Crippen LogP contribution in [0, 0.1) is 0 Å². The first-order chi connectivity index (χ1) is 7.23. The number of hydrogen-bond acceptors (Lipinski definition) is 3. The van der Waals surface area contributed by atoms with Crippen molar-refractivity contribution in [3.63, 3.8) is 0 Å². The van der Waals surface area contributed by atoms with Gasteiger partial charge in [-0.05, 0) is 26.7 Å². The number of alkyl halides is 1. The molecule has 0 fully saturated rings. The monoisotopic (exact) mass is 313 g/mol. The molecule has 0 heterocycles.